The maximum Gasteiger partial charge on any atom is 0.110 e. The fourth-order valence-electron chi connectivity index (χ4n) is 9.24. The molecule has 166 valence electrons. The fraction of sp³-hybridized carbons (Fsp3) is 0.920. The summed E-state index contributed by atoms with van der Waals surface area (Å²) < 4.78 is 2.02. The number of hydrogen-bond donors (Lipinski definition) is 1. The molecule has 4 fully saturated rings. The molecule has 0 bridgehead atoms. The first-order valence-corrected chi connectivity index (χ1v) is 12.9. The quantitative estimate of drug-likeness (QED) is 0.718. The average molecular weight is 411 g/mol. The first-order chi connectivity index (χ1) is 14.4. The van der Waals surface area contributed by atoms with Gasteiger partial charge in [-0.1, -0.05) is 43.6 Å². The Morgan fingerprint density at radius 3 is 2.73 bits per heavy atom. The van der Waals surface area contributed by atoms with Crippen LogP contribution >= 0.6 is 0 Å². The second-order valence-electron chi connectivity index (χ2n) is 12.1. The topological polar surface area (TPSA) is 50.9 Å². The van der Waals surface area contributed by atoms with Crippen molar-refractivity contribution < 1.29 is 5.11 Å². The van der Waals surface area contributed by atoms with Crippen molar-refractivity contribution >= 4 is 7.85 Å². The zero-order valence-corrected chi connectivity index (χ0v) is 19.5. The zero-order chi connectivity index (χ0) is 21.0. The van der Waals surface area contributed by atoms with Crippen LogP contribution in [0.5, 0.6) is 0 Å². The Morgan fingerprint density at radius 1 is 1.10 bits per heavy atom. The molecule has 1 aromatic heterocycles. The lowest BCUT2D eigenvalue weighted by Gasteiger charge is -2.62. The van der Waals surface area contributed by atoms with Crippen LogP contribution in [0.15, 0.2) is 12.4 Å². The minimum absolute atomic E-state index is 0.366. The summed E-state index contributed by atoms with van der Waals surface area (Å²) >= 11 is 0. The van der Waals surface area contributed by atoms with Gasteiger partial charge < -0.3 is 5.11 Å². The van der Waals surface area contributed by atoms with Crippen molar-refractivity contribution in [3.05, 3.63) is 12.4 Å². The van der Waals surface area contributed by atoms with Crippen LogP contribution in [-0.4, -0.2) is 33.5 Å². The van der Waals surface area contributed by atoms with Crippen molar-refractivity contribution in [1.29, 1.82) is 0 Å². The highest BCUT2D eigenvalue weighted by atomic mass is 16.3. The van der Waals surface area contributed by atoms with Crippen LogP contribution < -0.4 is 0 Å². The van der Waals surface area contributed by atoms with Gasteiger partial charge in [0.25, 0.3) is 0 Å². The van der Waals surface area contributed by atoms with Gasteiger partial charge in [-0.25, -0.2) is 0 Å². The van der Waals surface area contributed by atoms with Crippen LogP contribution in [0.25, 0.3) is 0 Å². The predicted octanol–water partition coefficient (Wildman–Crippen LogP) is 4.64. The lowest BCUT2D eigenvalue weighted by Crippen LogP contribution is -2.54. The van der Waals surface area contributed by atoms with E-state index >= 15 is 0 Å². The Balaban J connectivity index is 1.30. The normalized spacial score (nSPS) is 48.0. The number of fused-ring (bicyclic) bond motifs is 5. The molecule has 0 aliphatic heterocycles. The summed E-state index contributed by atoms with van der Waals surface area (Å²) in [7, 11) is 2.62. The van der Waals surface area contributed by atoms with E-state index in [1.807, 2.05) is 10.9 Å². The average Bonchev–Trinajstić information content (AvgIpc) is 3.34. The lowest BCUT2D eigenvalue weighted by atomic mass is 9.37. The van der Waals surface area contributed by atoms with Crippen LogP contribution in [0.1, 0.15) is 90.9 Å². The standard InChI is InChI=1S/C25H42BN3O/c1-3-10-24(30)12-13-25(26)19(17-24)4-6-20-21-7-5-18(9-15-29-16-14-27-28-29)23(21,2)11-8-22(20)25/h14,16,18-22,30H,3-13,15,17,26H2,1-2H3/t18?,19-,20?,21-,22-,23?,24+,25?/m0/s1. The number of hydrogen-bond acceptors (Lipinski definition) is 3. The van der Waals surface area contributed by atoms with Gasteiger partial charge in [0, 0.05) is 12.7 Å². The van der Waals surface area contributed by atoms with Crippen LogP contribution in [0.4, 0.5) is 0 Å². The summed E-state index contributed by atoms with van der Waals surface area (Å²) in [5.41, 5.74) is 0.164. The van der Waals surface area contributed by atoms with E-state index in [1.165, 1.54) is 51.4 Å². The highest BCUT2D eigenvalue weighted by Crippen LogP contribution is 2.70. The van der Waals surface area contributed by atoms with Crippen LogP contribution in [0.2, 0.25) is 5.31 Å². The van der Waals surface area contributed by atoms with Crippen molar-refractivity contribution in [2.75, 3.05) is 0 Å². The third kappa shape index (κ3) is 3.29. The molecule has 1 aromatic rings. The second-order valence-corrected chi connectivity index (χ2v) is 12.1. The van der Waals surface area contributed by atoms with E-state index in [4.69, 9.17) is 0 Å². The Morgan fingerprint density at radius 2 is 1.97 bits per heavy atom. The zero-order valence-electron chi connectivity index (χ0n) is 19.5. The Kier molecular flexibility index (Phi) is 5.36. The number of nitrogens with zero attached hydrogens (tertiary/aromatic N) is 3. The minimum atomic E-state index is -0.366. The van der Waals surface area contributed by atoms with E-state index in [-0.39, 0.29) is 5.60 Å². The van der Waals surface area contributed by atoms with Gasteiger partial charge in [-0.2, -0.15) is 0 Å². The highest BCUT2D eigenvalue weighted by molar-refractivity contribution is 6.15. The SMILES string of the molecule is BC12CC[C@](O)(CCC)C[C@@H]1CCC1[C@@H]3CCC(CCn4ccnn4)C3(C)CC[C@@H]12. The molecule has 1 heterocycles. The third-order valence-electron chi connectivity index (χ3n) is 10.9. The largest absolute Gasteiger partial charge is 0.390 e. The summed E-state index contributed by atoms with van der Waals surface area (Å²) in [5, 5.41) is 19.8. The van der Waals surface area contributed by atoms with E-state index in [0.29, 0.717) is 10.7 Å². The molecule has 4 unspecified atom stereocenters. The minimum Gasteiger partial charge on any atom is -0.390 e. The maximum absolute atomic E-state index is 11.2. The molecule has 0 saturated heterocycles. The molecule has 4 aliphatic rings. The Hall–Kier alpha value is -0.835. The molecule has 5 heteroatoms. The van der Waals surface area contributed by atoms with Crippen LogP contribution in [0, 0.1) is 35.0 Å². The summed E-state index contributed by atoms with van der Waals surface area (Å²) in [6.07, 6.45) is 19.0. The molecule has 4 aliphatic carbocycles. The van der Waals surface area contributed by atoms with E-state index in [9.17, 15) is 5.11 Å². The fourth-order valence-corrected chi connectivity index (χ4v) is 9.24. The molecule has 0 spiro atoms. The highest BCUT2D eigenvalue weighted by Gasteiger charge is 2.60. The van der Waals surface area contributed by atoms with E-state index in [1.54, 1.807) is 6.20 Å². The number of rotatable bonds is 5. The smallest absolute Gasteiger partial charge is 0.110 e. The monoisotopic (exact) mass is 411 g/mol. The Labute approximate surface area is 184 Å². The molecule has 8 atom stereocenters. The van der Waals surface area contributed by atoms with Gasteiger partial charge in [0.2, 0.25) is 0 Å². The summed E-state index contributed by atoms with van der Waals surface area (Å²) in [5.74, 6) is 4.34. The molecule has 4 nitrogen and oxygen atoms in total. The van der Waals surface area contributed by atoms with Gasteiger partial charge in [0.05, 0.1) is 11.8 Å². The summed E-state index contributed by atoms with van der Waals surface area (Å²) in [6.45, 7) is 5.89. The number of aromatic nitrogens is 3. The summed E-state index contributed by atoms with van der Waals surface area (Å²) in [4.78, 5) is 0. The summed E-state index contributed by atoms with van der Waals surface area (Å²) in [6, 6.07) is 0. The van der Waals surface area contributed by atoms with Gasteiger partial charge in [0.1, 0.15) is 7.85 Å². The lowest BCUT2D eigenvalue weighted by molar-refractivity contribution is -0.100. The first-order valence-electron chi connectivity index (χ1n) is 12.9. The molecule has 1 N–H and O–H groups in total. The Bertz CT molecular complexity index is 741. The molecule has 4 saturated carbocycles. The van der Waals surface area contributed by atoms with Crippen molar-refractivity contribution in [3.8, 4) is 0 Å². The first kappa shape index (κ1) is 21.0. The van der Waals surface area contributed by atoms with Crippen molar-refractivity contribution in [3.63, 3.8) is 0 Å². The van der Waals surface area contributed by atoms with E-state index < -0.39 is 0 Å². The second kappa shape index (κ2) is 7.64. The van der Waals surface area contributed by atoms with Crippen molar-refractivity contribution in [2.24, 2.45) is 35.0 Å². The van der Waals surface area contributed by atoms with Gasteiger partial charge in [-0.15, -0.1) is 5.10 Å². The van der Waals surface area contributed by atoms with E-state index in [2.05, 4.69) is 32.0 Å². The molecular weight excluding hydrogens is 369 g/mol. The number of aryl methyl sites for hydroxylation is 1. The molecule has 0 aromatic carbocycles. The van der Waals surface area contributed by atoms with Gasteiger partial charge in [0.15, 0.2) is 0 Å². The molecular formula is C25H42BN3O. The van der Waals surface area contributed by atoms with Gasteiger partial charge in [-0.3, -0.25) is 4.68 Å². The van der Waals surface area contributed by atoms with Crippen molar-refractivity contribution in [2.45, 2.75) is 108 Å². The van der Waals surface area contributed by atoms with Crippen LogP contribution in [0.3, 0.4) is 0 Å². The molecule has 30 heavy (non-hydrogen) atoms. The third-order valence-corrected chi connectivity index (χ3v) is 10.9. The van der Waals surface area contributed by atoms with E-state index in [0.717, 1.165) is 61.8 Å². The van der Waals surface area contributed by atoms with Crippen LogP contribution in [-0.2, 0) is 6.54 Å². The predicted molar refractivity (Wildman–Crippen MR) is 123 cm³/mol. The molecule has 5 rings (SSSR count). The molecule has 0 radical (unpaired) electrons. The molecule has 0 amide bonds. The van der Waals surface area contributed by atoms with Crippen molar-refractivity contribution in [1.82, 2.24) is 15.0 Å². The number of aliphatic hydroxyl groups is 1. The maximum atomic E-state index is 11.2. The van der Waals surface area contributed by atoms with Gasteiger partial charge >= 0.3 is 0 Å². The van der Waals surface area contributed by atoms with Gasteiger partial charge in [-0.05, 0) is 92.8 Å².